The second-order valence-electron chi connectivity index (χ2n) is 7.54. The van der Waals surface area contributed by atoms with E-state index >= 15 is 4.39 Å². The average molecular weight is 404 g/mol. The molecule has 0 spiro atoms. The molecule has 150 valence electrons. The molecule has 0 bridgehead atoms. The third kappa shape index (κ3) is 3.24. The summed E-state index contributed by atoms with van der Waals surface area (Å²) in [6.45, 7) is 0. The first kappa shape index (κ1) is 18.5. The summed E-state index contributed by atoms with van der Waals surface area (Å²) in [5.41, 5.74) is 2.57. The monoisotopic (exact) mass is 404 g/mol. The quantitative estimate of drug-likeness (QED) is 0.445. The summed E-state index contributed by atoms with van der Waals surface area (Å²) in [6.07, 6.45) is 1.98. The van der Waals surface area contributed by atoms with Crippen molar-refractivity contribution in [1.82, 2.24) is 9.97 Å². The van der Waals surface area contributed by atoms with Crippen LogP contribution in [0.1, 0.15) is 12.8 Å². The zero-order valence-electron chi connectivity index (χ0n) is 15.9. The number of H-pyrrole nitrogens is 1. The molecule has 1 aliphatic carbocycles. The Kier molecular flexibility index (Phi) is 4.54. The minimum atomic E-state index is -0.733. The highest BCUT2D eigenvalue weighted by Gasteiger charge is 2.31. The smallest absolute Gasteiger partial charge is 0.294 e. The van der Waals surface area contributed by atoms with Crippen molar-refractivity contribution in [3.63, 3.8) is 0 Å². The molecule has 6 heteroatoms. The first-order valence-corrected chi connectivity index (χ1v) is 9.78. The van der Waals surface area contributed by atoms with E-state index in [-0.39, 0.29) is 34.6 Å². The molecule has 5 rings (SSSR count). The van der Waals surface area contributed by atoms with Gasteiger partial charge in [-0.1, -0.05) is 54.6 Å². The molecule has 1 aromatic heterocycles. The van der Waals surface area contributed by atoms with E-state index in [1.807, 2.05) is 42.5 Å². The number of aromatic nitrogens is 2. The standard InChI is InChI=1S/C24H18F2N2O2/c25-19-12-20-23(28-24(27-20)30-18-10-14(11-18)13-29)22(26)21(19)17-8-6-16(7-9-17)15-4-2-1-3-5-15/h1-9,12-14,18H,10-11H2,(H,27,28). The number of benzene rings is 3. The fraction of sp³-hybridized carbons (Fsp3) is 0.167. The molecule has 0 saturated heterocycles. The number of carbonyl (C=O) groups is 1. The van der Waals surface area contributed by atoms with E-state index in [1.54, 1.807) is 12.1 Å². The normalized spacial score (nSPS) is 18.2. The van der Waals surface area contributed by atoms with Gasteiger partial charge in [0.25, 0.3) is 6.01 Å². The lowest BCUT2D eigenvalue weighted by atomic mass is 9.84. The van der Waals surface area contributed by atoms with Gasteiger partial charge in [0.1, 0.15) is 23.7 Å². The van der Waals surface area contributed by atoms with Crippen LogP contribution in [0, 0.1) is 17.6 Å². The molecule has 1 N–H and O–H groups in total. The number of fused-ring (bicyclic) bond motifs is 1. The van der Waals surface area contributed by atoms with Crippen molar-refractivity contribution in [1.29, 1.82) is 0 Å². The number of ether oxygens (including phenoxy) is 1. The zero-order chi connectivity index (χ0) is 20.7. The van der Waals surface area contributed by atoms with Gasteiger partial charge in [0.15, 0.2) is 5.82 Å². The Balaban J connectivity index is 1.46. The maximum absolute atomic E-state index is 15.2. The van der Waals surface area contributed by atoms with Crippen molar-refractivity contribution in [2.24, 2.45) is 5.92 Å². The molecule has 1 aliphatic rings. The van der Waals surface area contributed by atoms with Gasteiger partial charge in [-0.25, -0.2) is 8.78 Å². The number of nitrogens with zero attached hydrogens (tertiary/aromatic N) is 1. The lowest BCUT2D eigenvalue weighted by Crippen LogP contribution is -2.34. The van der Waals surface area contributed by atoms with Crippen LogP contribution >= 0.6 is 0 Å². The first-order valence-electron chi connectivity index (χ1n) is 9.78. The van der Waals surface area contributed by atoms with Crippen LogP contribution in [0.3, 0.4) is 0 Å². The third-order valence-electron chi connectivity index (χ3n) is 5.53. The van der Waals surface area contributed by atoms with Crippen LogP contribution in [0.4, 0.5) is 8.78 Å². The zero-order valence-corrected chi connectivity index (χ0v) is 15.9. The predicted octanol–water partition coefficient (Wildman–Crippen LogP) is 5.53. The van der Waals surface area contributed by atoms with Gasteiger partial charge in [-0.15, -0.1) is 0 Å². The Morgan fingerprint density at radius 3 is 2.33 bits per heavy atom. The molecule has 1 saturated carbocycles. The average Bonchev–Trinajstić information content (AvgIpc) is 3.14. The Bertz CT molecular complexity index is 1210. The number of hydrogen-bond donors (Lipinski definition) is 1. The van der Waals surface area contributed by atoms with E-state index in [4.69, 9.17) is 4.74 Å². The van der Waals surface area contributed by atoms with Crippen molar-refractivity contribution in [3.8, 4) is 28.3 Å². The Hall–Kier alpha value is -3.54. The third-order valence-corrected chi connectivity index (χ3v) is 5.53. The molecule has 0 aliphatic heterocycles. The maximum Gasteiger partial charge on any atom is 0.294 e. The summed E-state index contributed by atoms with van der Waals surface area (Å²) in [5, 5.41) is 0. The van der Waals surface area contributed by atoms with E-state index in [9.17, 15) is 9.18 Å². The molecule has 1 fully saturated rings. The Morgan fingerprint density at radius 2 is 1.63 bits per heavy atom. The molecular weight excluding hydrogens is 386 g/mol. The Morgan fingerprint density at radius 1 is 0.967 bits per heavy atom. The Labute approximate surface area is 171 Å². The molecule has 30 heavy (non-hydrogen) atoms. The van der Waals surface area contributed by atoms with Gasteiger partial charge in [0.05, 0.1) is 11.1 Å². The molecule has 0 radical (unpaired) electrons. The number of halogens is 2. The summed E-state index contributed by atoms with van der Waals surface area (Å²) >= 11 is 0. The molecule has 4 aromatic rings. The fourth-order valence-electron chi connectivity index (χ4n) is 3.81. The van der Waals surface area contributed by atoms with Crippen LogP contribution in [0.2, 0.25) is 0 Å². The highest BCUT2D eigenvalue weighted by molar-refractivity contribution is 5.84. The summed E-state index contributed by atoms with van der Waals surface area (Å²) < 4.78 is 35.6. The molecule has 4 nitrogen and oxygen atoms in total. The number of nitrogens with one attached hydrogen (secondary N) is 1. The summed E-state index contributed by atoms with van der Waals surface area (Å²) in [7, 11) is 0. The lowest BCUT2D eigenvalue weighted by molar-refractivity contribution is -0.116. The van der Waals surface area contributed by atoms with Gasteiger partial charge < -0.3 is 14.5 Å². The van der Waals surface area contributed by atoms with E-state index in [0.717, 1.165) is 17.4 Å². The van der Waals surface area contributed by atoms with Crippen LogP contribution in [0.5, 0.6) is 6.01 Å². The second-order valence-corrected chi connectivity index (χ2v) is 7.54. The molecule has 0 atom stereocenters. The van der Waals surface area contributed by atoms with Crippen molar-refractivity contribution in [2.75, 3.05) is 0 Å². The van der Waals surface area contributed by atoms with Crippen LogP contribution in [0.25, 0.3) is 33.3 Å². The SMILES string of the molecule is O=CC1CC(Oc2nc3c(F)c(-c4ccc(-c5ccccc5)cc4)c(F)cc3[nH]2)C1. The van der Waals surface area contributed by atoms with E-state index in [1.165, 1.54) is 6.07 Å². The van der Waals surface area contributed by atoms with E-state index in [0.29, 0.717) is 18.4 Å². The predicted molar refractivity (Wildman–Crippen MR) is 110 cm³/mol. The molecule has 3 aromatic carbocycles. The molecule has 0 unspecified atom stereocenters. The molecular formula is C24H18F2N2O2. The maximum atomic E-state index is 15.2. The van der Waals surface area contributed by atoms with Crippen molar-refractivity contribution >= 4 is 17.3 Å². The van der Waals surface area contributed by atoms with Gasteiger partial charge >= 0.3 is 0 Å². The largest absolute Gasteiger partial charge is 0.461 e. The van der Waals surface area contributed by atoms with Crippen molar-refractivity contribution in [2.45, 2.75) is 18.9 Å². The number of aldehydes is 1. The number of rotatable bonds is 5. The van der Waals surface area contributed by atoms with Gasteiger partial charge in [-0.3, -0.25) is 0 Å². The lowest BCUT2D eigenvalue weighted by Gasteiger charge is -2.30. The van der Waals surface area contributed by atoms with Crippen LogP contribution < -0.4 is 4.74 Å². The molecule has 1 heterocycles. The van der Waals surface area contributed by atoms with Gasteiger partial charge in [0, 0.05) is 12.0 Å². The topological polar surface area (TPSA) is 55.0 Å². The highest BCUT2D eigenvalue weighted by atomic mass is 19.1. The minimum Gasteiger partial charge on any atom is -0.461 e. The van der Waals surface area contributed by atoms with Crippen molar-refractivity contribution in [3.05, 3.63) is 72.3 Å². The number of carbonyl (C=O) groups excluding carboxylic acids is 1. The highest BCUT2D eigenvalue weighted by Crippen LogP contribution is 2.34. The first-order chi connectivity index (χ1) is 14.6. The van der Waals surface area contributed by atoms with Gasteiger partial charge in [-0.05, 0) is 29.5 Å². The van der Waals surface area contributed by atoms with Gasteiger partial charge in [-0.2, -0.15) is 4.98 Å². The second kappa shape index (κ2) is 7.37. The number of aromatic amines is 1. The summed E-state index contributed by atoms with van der Waals surface area (Å²) in [6, 6.07) is 18.2. The van der Waals surface area contributed by atoms with Crippen LogP contribution in [-0.4, -0.2) is 22.4 Å². The number of imidazole rings is 1. The summed E-state index contributed by atoms with van der Waals surface area (Å²) in [5.74, 6) is -1.41. The van der Waals surface area contributed by atoms with Crippen molar-refractivity contribution < 1.29 is 18.3 Å². The fourth-order valence-corrected chi connectivity index (χ4v) is 3.81. The van der Waals surface area contributed by atoms with Crippen LogP contribution in [-0.2, 0) is 4.79 Å². The van der Waals surface area contributed by atoms with Crippen LogP contribution in [0.15, 0.2) is 60.7 Å². The van der Waals surface area contributed by atoms with E-state index < -0.39 is 11.6 Å². The molecule has 0 amide bonds. The summed E-state index contributed by atoms with van der Waals surface area (Å²) in [4.78, 5) is 17.7. The minimum absolute atomic E-state index is 0.000908. The number of hydrogen-bond acceptors (Lipinski definition) is 3. The van der Waals surface area contributed by atoms with Gasteiger partial charge in [0.2, 0.25) is 0 Å². The van der Waals surface area contributed by atoms with E-state index in [2.05, 4.69) is 9.97 Å².